The maximum Gasteiger partial charge on any atom is 0.0684 e. The Bertz CT molecular complexity index is 334. The fourth-order valence-corrected chi connectivity index (χ4v) is 6.10. The van der Waals surface area contributed by atoms with Crippen LogP contribution >= 0.6 is 0 Å². The van der Waals surface area contributed by atoms with Crippen LogP contribution in [0.1, 0.15) is 59.8 Å². The van der Waals surface area contributed by atoms with Gasteiger partial charge in [0, 0.05) is 7.11 Å². The third-order valence-electron chi connectivity index (χ3n) is 7.23. The largest absolute Gasteiger partial charge is 0.378 e. The van der Waals surface area contributed by atoms with E-state index >= 15 is 0 Å². The highest BCUT2D eigenvalue weighted by molar-refractivity contribution is 5.17. The van der Waals surface area contributed by atoms with E-state index in [1.54, 1.807) is 0 Å². The molecule has 5 atom stereocenters. The fourth-order valence-electron chi connectivity index (χ4n) is 6.10. The van der Waals surface area contributed by atoms with Gasteiger partial charge in [-0.1, -0.05) is 20.8 Å². The maximum absolute atomic E-state index is 5.94. The highest BCUT2D eigenvalue weighted by atomic mass is 16.5. The molecule has 1 unspecified atom stereocenters. The molecule has 3 aliphatic carbocycles. The smallest absolute Gasteiger partial charge is 0.0684 e. The Morgan fingerprint density at radius 3 is 2.35 bits per heavy atom. The van der Waals surface area contributed by atoms with Gasteiger partial charge in [0.15, 0.2) is 0 Å². The third kappa shape index (κ3) is 1.25. The van der Waals surface area contributed by atoms with Crippen LogP contribution in [0.4, 0.5) is 0 Å². The highest BCUT2D eigenvalue weighted by Crippen LogP contribution is 2.73. The van der Waals surface area contributed by atoms with Crippen molar-refractivity contribution < 1.29 is 4.74 Å². The van der Waals surface area contributed by atoms with Gasteiger partial charge in [0.05, 0.1) is 5.60 Å². The van der Waals surface area contributed by atoms with E-state index in [4.69, 9.17) is 4.74 Å². The molecule has 1 spiro atoms. The van der Waals surface area contributed by atoms with Crippen molar-refractivity contribution in [3.63, 3.8) is 0 Å². The van der Waals surface area contributed by atoms with Gasteiger partial charge in [0.25, 0.3) is 0 Å². The first kappa shape index (κ1) is 12.0. The summed E-state index contributed by atoms with van der Waals surface area (Å²) in [6.07, 6.45) is 7.03. The molecular formula is C16H28O. The van der Waals surface area contributed by atoms with E-state index in [0.29, 0.717) is 10.8 Å². The average molecular weight is 236 g/mol. The summed E-state index contributed by atoms with van der Waals surface area (Å²) in [5.74, 6) is 2.66. The zero-order valence-electron chi connectivity index (χ0n) is 12.2. The summed E-state index contributed by atoms with van der Waals surface area (Å²) in [5, 5.41) is 0. The second kappa shape index (κ2) is 3.29. The van der Waals surface area contributed by atoms with Crippen LogP contribution in [-0.2, 0) is 4.74 Å². The van der Waals surface area contributed by atoms with Gasteiger partial charge in [-0.25, -0.2) is 0 Å². The van der Waals surface area contributed by atoms with E-state index in [2.05, 4.69) is 27.7 Å². The van der Waals surface area contributed by atoms with Crippen LogP contribution < -0.4 is 0 Å². The van der Waals surface area contributed by atoms with Gasteiger partial charge in [0.2, 0.25) is 0 Å². The Labute approximate surface area is 106 Å². The Hall–Kier alpha value is -0.0400. The molecule has 0 radical (unpaired) electrons. The van der Waals surface area contributed by atoms with Crippen molar-refractivity contribution in [2.75, 3.05) is 7.11 Å². The average Bonchev–Trinajstić information content (AvgIpc) is 2.70. The van der Waals surface area contributed by atoms with Crippen molar-refractivity contribution in [1.29, 1.82) is 0 Å². The summed E-state index contributed by atoms with van der Waals surface area (Å²) in [7, 11) is 1.92. The van der Waals surface area contributed by atoms with Gasteiger partial charge < -0.3 is 4.74 Å². The topological polar surface area (TPSA) is 9.23 Å². The molecule has 0 N–H and O–H groups in total. The first-order valence-corrected chi connectivity index (χ1v) is 7.42. The van der Waals surface area contributed by atoms with E-state index in [1.807, 2.05) is 7.11 Å². The number of hydrogen-bond acceptors (Lipinski definition) is 1. The minimum absolute atomic E-state index is 0.138. The minimum Gasteiger partial charge on any atom is -0.378 e. The molecule has 0 amide bonds. The zero-order chi connectivity index (χ0) is 12.5. The predicted octanol–water partition coefficient (Wildman–Crippen LogP) is 4.26. The van der Waals surface area contributed by atoms with Crippen LogP contribution in [0.3, 0.4) is 0 Å². The van der Waals surface area contributed by atoms with Crippen molar-refractivity contribution in [3.05, 3.63) is 0 Å². The molecule has 0 aromatic carbocycles. The normalized spacial score (nSPS) is 55.9. The van der Waals surface area contributed by atoms with Crippen molar-refractivity contribution >= 4 is 0 Å². The summed E-state index contributed by atoms with van der Waals surface area (Å²) in [4.78, 5) is 0. The van der Waals surface area contributed by atoms with Crippen LogP contribution in [0.25, 0.3) is 0 Å². The van der Waals surface area contributed by atoms with Crippen molar-refractivity contribution in [3.8, 4) is 0 Å². The SMILES string of the molecule is CO[C@]1(C)CC[C@@]23C[C@@H]1C(C)(C)C2CC[C@H]3C. The molecule has 0 saturated heterocycles. The summed E-state index contributed by atoms with van der Waals surface area (Å²) in [5.41, 5.74) is 1.29. The molecule has 1 heteroatoms. The molecule has 0 aromatic rings. The van der Waals surface area contributed by atoms with Gasteiger partial charge in [0.1, 0.15) is 0 Å². The second-order valence-corrected chi connectivity index (χ2v) is 7.86. The second-order valence-electron chi connectivity index (χ2n) is 7.86. The lowest BCUT2D eigenvalue weighted by Gasteiger charge is -2.46. The number of fused-ring (bicyclic) bond motifs is 1. The van der Waals surface area contributed by atoms with E-state index in [0.717, 1.165) is 17.8 Å². The maximum atomic E-state index is 5.94. The van der Waals surface area contributed by atoms with Gasteiger partial charge in [-0.05, 0) is 67.6 Å². The molecular weight excluding hydrogens is 208 g/mol. The molecule has 98 valence electrons. The lowest BCUT2D eigenvalue weighted by molar-refractivity contribution is -0.100. The summed E-state index contributed by atoms with van der Waals surface area (Å²) in [6, 6.07) is 0. The Balaban J connectivity index is 2.04. The Morgan fingerprint density at radius 2 is 1.71 bits per heavy atom. The van der Waals surface area contributed by atoms with Crippen LogP contribution in [0.15, 0.2) is 0 Å². The van der Waals surface area contributed by atoms with Crippen molar-refractivity contribution in [2.24, 2.45) is 28.6 Å². The van der Waals surface area contributed by atoms with Gasteiger partial charge >= 0.3 is 0 Å². The van der Waals surface area contributed by atoms with Crippen LogP contribution in [0, 0.1) is 28.6 Å². The number of hydrogen-bond donors (Lipinski definition) is 0. The summed E-state index contributed by atoms with van der Waals surface area (Å²) < 4.78 is 5.94. The van der Waals surface area contributed by atoms with Crippen LogP contribution in [0.2, 0.25) is 0 Å². The molecule has 3 aliphatic rings. The van der Waals surface area contributed by atoms with Crippen molar-refractivity contribution in [1.82, 2.24) is 0 Å². The van der Waals surface area contributed by atoms with E-state index in [1.165, 1.54) is 32.1 Å². The van der Waals surface area contributed by atoms with Crippen molar-refractivity contribution in [2.45, 2.75) is 65.4 Å². The van der Waals surface area contributed by atoms with Crippen LogP contribution in [0.5, 0.6) is 0 Å². The highest BCUT2D eigenvalue weighted by Gasteiger charge is 2.68. The van der Waals surface area contributed by atoms with Gasteiger partial charge in [-0.15, -0.1) is 0 Å². The Morgan fingerprint density at radius 1 is 1.00 bits per heavy atom. The molecule has 1 nitrogen and oxygen atoms in total. The summed E-state index contributed by atoms with van der Waals surface area (Å²) in [6.45, 7) is 9.90. The molecule has 0 heterocycles. The van der Waals surface area contributed by atoms with E-state index in [9.17, 15) is 0 Å². The molecule has 3 rings (SSSR count). The fraction of sp³-hybridized carbons (Fsp3) is 1.00. The lowest BCUT2D eigenvalue weighted by Crippen LogP contribution is -2.45. The monoisotopic (exact) mass is 236 g/mol. The molecule has 3 saturated carbocycles. The van der Waals surface area contributed by atoms with Gasteiger partial charge in [-0.2, -0.15) is 0 Å². The minimum atomic E-state index is 0.138. The van der Waals surface area contributed by atoms with E-state index < -0.39 is 0 Å². The molecule has 17 heavy (non-hydrogen) atoms. The zero-order valence-corrected chi connectivity index (χ0v) is 12.2. The van der Waals surface area contributed by atoms with Crippen LogP contribution in [-0.4, -0.2) is 12.7 Å². The lowest BCUT2D eigenvalue weighted by atomic mass is 9.64. The molecule has 2 bridgehead atoms. The molecule has 3 fully saturated rings. The molecule has 0 aromatic heterocycles. The number of methoxy groups -OCH3 is 1. The quantitative estimate of drug-likeness (QED) is 0.661. The standard InChI is InChI=1S/C16H28O/c1-11-6-7-12-14(2,3)13-10-16(11,12)9-8-15(13,4)17-5/h11-13H,6-10H2,1-5H3/t11-,12?,13-,15-,16+/m1/s1. The predicted molar refractivity (Wildman–Crippen MR) is 70.9 cm³/mol. The van der Waals surface area contributed by atoms with E-state index in [-0.39, 0.29) is 5.60 Å². The van der Waals surface area contributed by atoms with Gasteiger partial charge in [-0.3, -0.25) is 0 Å². The molecule has 0 aliphatic heterocycles. The first-order valence-electron chi connectivity index (χ1n) is 7.42. The first-order chi connectivity index (χ1) is 7.87. The Kier molecular flexibility index (Phi) is 2.32. The number of ether oxygens (including phenoxy) is 1. The third-order valence-corrected chi connectivity index (χ3v) is 7.23. The summed E-state index contributed by atoms with van der Waals surface area (Å²) >= 11 is 0. The number of rotatable bonds is 1.